The normalized spacial score (nSPS) is 11.5. The molecule has 1 rings (SSSR count). The molecule has 0 spiro atoms. The van der Waals surface area contributed by atoms with Gasteiger partial charge in [-0.2, -0.15) is 0 Å². The zero-order valence-corrected chi connectivity index (χ0v) is 12.6. The Hall–Kier alpha value is -1.27. The lowest BCUT2D eigenvalue weighted by Gasteiger charge is -2.20. The van der Waals surface area contributed by atoms with E-state index in [1.54, 1.807) is 32.9 Å². The highest BCUT2D eigenvalue weighted by Gasteiger charge is 2.17. The van der Waals surface area contributed by atoms with Gasteiger partial charge in [-0.1, -0.05) is 0 Å². The molecular weight excluding hydrogens is 267 g/mol. The molecule has 0 atom stereocenters. The maximum Gasteiger partial charge on any atom is 0.412 e. The van der Waals surface area contributed by atoms with E-state index >= 15 is 0 Å². The molecule has 0 radical (unpaired) electrons. The van der Waals surface area contributed by atoms with Crippen LogP contribution in [0.2, 0.25) is 0 Å². The molecule has 0 bridgehead atoms. The lowest BCUT2D eigenvalue weighted by molar-refractivity contribution is 0.0635. The Morgan fingerprint density at radius 2 is 2.00 bits per heavy atom. The summed E-state index contributed by atoms with van der Waals surface area (Å²) in [5.41, 5.74) is -0.502. The Morgan fingerprint density at radius 3 is 2.53 bits per heavy atom. The topological polar surface area (TPSA) is 41.6 Å². The summed E-state index contributed by atoms with van der Waals surface area (Å²) in [5, 5.41) is 2.41. The minimum Gasteiger partial charge on any atom is -0.444 e. The molecule has 0 aromatic heterocycles. The van der Waals surface area contributed by atoms with Crippen LogP contribution in [-0.2, 0) is 4.74 Å². The zero-order chi connectivity index (χ0) is 14.6. The van der Waals surface area contributed by atoms with Crippen LogP contribution in [0, 0.1) is 5.82 Å². The third-order valence-electron chi connectivity index (χ3n) is 1.86. The van der Waals surface area contributed by atoms with E-state index in [1.165, 1.54) is 18.0 Å². The largest absolute Gasteiger partial charge is 0.444 e. The first-order valence-electron chi connectivity index (χ1n) is 5.82. The van der Waals surface area contributed by atoms with Crippen LogP contribution in [0.3, 0.4) is 0 Å². The molecule has 4 nitrogen and oxygen atoms in total. The molecule has 1 amide bonds. The Labute approximate surface area is 117 Å². The van der Waals surface area contributed by atoms with Crippen LogP contribution in [0.1, 0.15) is 20.8 Å². The number of amides is 1. The number of ether oxygens (including phenoxy) is 1. The molecule has 6 heteroatoms. The number of benzene rings is 1. The van der Waals surface area contributed by atoms with Crippen molar-refractivity contribution < 1.29 is 13.9 Å². The fraction of sp³-hybridized carbons (Fsp3) is 0.462. The van der Waals surface area contributed by atoms with Crippen LogP contribution in [0.25, 0.3) is 0 Å². The van der Waals surface area contributed by atoms with E-state index in [0.717, 1.165) is 4.90 Å². The Morgan fingerprint density at radius 1 is 1.37 bits per heavy atom. The van der Waals surface area contributed by atoms with Gasteiger partial charge in [0, 0.05) is 4.90 Å². The highest BCUT2D eigenvalue weighted by molar-refractivity contribution is 7.97. The third kappa shape index (κ3) is 5.94. The van der Waals surface area contributed by atoms with Gasteiger partial charge in [0.25, 0.3) is 0 Å². The molecule has 0 aliphatic rings. The number of carbonyl (C=O) groups excluding carboxylic acids is 1. The zero-order valence-electron chi connectivity index (χ0n) is 11.8. The van der Waals surface area contributed by atoms with E-state index in [1.807, 2.05) is 18.4 Å². The molecule has 0 aliphatic carbocycles. The van der Waals surface area contributed by atoms with Crippen molar-refractivity contribution in [1.82, 2.24) is 4.31 Å². The monoisotopic (exact) mass is 286 g/mol. The van der Waals surface area contributed by atoms with Gasteiger partial charge in [-0.15, -0.1) is 0 Å². The molecule has 106 valence electrons. The Bertz CT molecular complexity index is 458. The maximum atomic E-state index is 13.6. The fourth-order valence-electron chi connectivity index (χ4n) is 1.28. The van der Waals surface area contributed by atoms with Crippen molar-refractivity contribution >= 4 is 23.7 Å². The van der Waals surface area contributed by atoms with Crippen molar-refractivity contribution in [2.45, 2.75) is 31.3 Å². The third-order valence-corrected chi connectivity index (χ3v) is 2.69. The molecule has 0 aliphatic heterocycles. The molecule has 0 fully saturated rings. The van der Waals surface area contributed by atoms with E-state index in [-0.39, 0.29) is 5.69 Å². The van der Waals surface area contributed by atoms with Gasteiger partial charge in [0.05, 0.1) is 5.69 Å². The summed E-state index contributed by atoms with van der Waals surface area (Å²) in [7, 11) is 3.77. The molecule has 0 saturated carbocycles. The standard InChI is InChI=1S/C13H19FN2O2S/c1-13(2,3)18-12(17)15-11-8-9(19-16(4)5)6-7-10(11)14/h6-8H,1-5H3,(H,15,17). The van der Waals surface area contributed by atoms with Crippen LogP contribution in [0.5, 0.6) is 0 Å². The van der Waals surface area contributed by atoms with Gasteiger partial charge in [0.2, 0.25) is 0 Å². The first-order chi connectivity index (χ1) is 8.67. The number of nitrogens with zero attached hydrogens (tertiary/aromatic N) is 1. The van der Waals surface area contributed by atoms with Crippen LogP contribution >= 0.6 is 11.9 Å². The molecule has 0 saturated heterocycles. The van der Waals surface area contributed by atoms with Gasteiger partial charge in [-0.3, -0.25) is 9.62 Å². The van der Waals surface area contributed by atoms with Crippen LogP contribution in [0.4, 0.5) is 14.9 Å². The van der Waals surface area contributed by atoms with Crippen molar-refractivity contribution in [3.8, 4) is 0 Å². The van der Waals surface area contributed by atoms with Crippen LogP contribution < -0.4 is 5.32 Å². The van der Waals surface area contributed by atoms with Crippen molar-refractivity contribution in [2.24, 2.45) is 0 Å². The molecule has 1 N–H and O–H groups in total. The van der Waals surface area contributed by atoms with E-state index in [4.69, 9.17) is 4.74 Å². The molecule has 19 heavy (non-hydrogen) atoms. The average molecular weight is 286 g/mol. The summed E-state index contributed by atoms with van der Waals surface area (Å²) >= 11 is 1.44. The van der Waals surface area contributed by atoms with Gasteiger partial charge in [0.1, 0.15) is 11.4 Å². The predicted octanol–water partition coefficient (Wildman–Crippen LogP) is 3.74. The summed E-state index contributed by atoms with van der Waals surface area (Å²) in [6.07, 6.45) is -0.668. The summed E-state index contributed by atoms with van der Waals surface area (Å²) in [6, 6.07) is 4.54. The smallest absolute Gasteiger partial charge is 0.412 e. The Balaban J connectivity index is 2.79. The number of nitrogens with one attached hydrogen (secondary N) is 1. The average Bonchev–Trinajstić information content (AvgIpc) is 2.19. The minimum atomic E-state index is -0.668. The van der Waals surface area contributed by atoms with E-state index in [9.17, 15) is 9.18 Å². The number of anilines is 1. The summed E-state index contributed by atoms with van der Waals surface area (Å²) in [4.78, 5) is 12.4. The van der Waals surface area contributed by atoms with Crippen molar-refractivity contribution in [3.63, 3.8) is 0 Å². The van der Waals surface area contributed by atoms with Crippen molar-refractivity contribution in [2.75, 3.05) is 19.4 Å². The number of hydrogen-bond donors (Lipinski definition) is 1. The second kappa shape index (κ2) is 6.25. The first kappa shape index (κ1) is 15.8. The minimum absolute atomic E-state index is 0.112. The van der Waals surface area contributed by atoms with Crippen LogP contribution in [-0.4, -0.2) is 30.1 Å². The van der Waals surface area contributed by atoms with Gasteiger partial charge in [-0.25, -0.2) is 9.18 Å². The second-order valence-electron chi connectivity index (χ2n) is 5.17. The molecule has 1 aromatic carbocycles. The van der Waals surface area contributed by atoms with Gasteiger partial charge in [-0.05, 0) is 65.0 Å². The number of carbonyl (C=O) groups is 1. The molecule has 0 heterocycles. The fourth-order valence-corrected chi connectivity index (χ4v) is 2.00. The SMILES string of the molecule is CN(C)Sc1ccc(F)c(NC(=O)OC(C)(C)C)c1. The first-order valence-corrected chi connectivity index (χ1v) is 6.59. The van der Waals surface area contributed by atoms with E-state index in [2.05, 4.69) is 5.32 Å². The van der Waals surface area contributed by atoms with Gasteiger partial charge < -0.3 is 4.74 Å². The molecule has 0 unspecified atom stereocenters. The predicted molar refractivity (Wildman–Crippen MR) is 75.8 cm³/mol. The lowest BCUT2D eigenvalue weighted by atomic mass is 10.2. The number of halogens is 1. The highest BCUT2D eigenvalue weighted by atomic mass is 32.2. The summed E-state index contributed by atoms with van der Waals surface area (Å²) in [5.74, 6) is -0.492. The van der Waals surface area contributed by atoms with Crippen molar-refractivity contribution in [1.29, 1.82) is 0 Å². The summed E-state index contributed by atoms with van der Waals surface area (Å²) in [6.45, 7) is 5.25. The van der Waals surface area contributed by atoms with Gasteiger partial charge >= 0.3 is 6.09 Å². The molecule has 1 aromatic rings. The summed E-state index contributed by atoms with van der Waals surface area (Å²) < 4.78 is 20.6. The second-order valence-corrected chi connectivity index (χ2v) is 6.56. The van der Waals surface area contributed by atoms with Gasteiger partial charge in [0.15, 0.2) is 0 Å². The van der Waals surface area contributed by atoms with E-state index in [0.29, 0.717) is 0 Å². The molecular formula is C13H19FN2O2S. The number of hydrogen-bond acceptors (Lipinski definition) is 4. The van der Waals surface area contributed by atoms with Crippen LogP contribution in [0.15, 0.2) is 23.1 Å². The Kier molecular flexibility index (Phi) is 5.20. The maximum absolute atomic E-state index is 13.6. The highest BCUT2D eigenvalue weighted by Crippen LogP contribution is 2.25. The number of rotatable bonds is 3. The van der Waals surface area contributed by atoms with E-state index < -0.39 is 17.5 Å². The quantitative estimate of drug-likeness (QED) is 0.859. The van der Waals surface area contributed by atoms with Crippen molar-refractivity contribution in [3.05, 3.63) is 24.0 Å². The lowest BCUT2D eigenvalue weighted by Crippen LogP contribution is -2.27.